The maximum absolute atomic E-state index is 11.2. The molecule has 0 radical (unpaired) electrons. The Kier molecular flexibility index (Phi) is 4.62. The van der Waals surface area contributed by atoms with Crippen LogP contribution < -0.4 is 5.32 Å². The van der Waals surface area contributed by atoms with Gasteiger partial charge in [-0.2, -0.15) is 0 Å². The average molecular weight is 254 g/mol. The van der Waals surface area contributed by atoms with Crippen molar-refractivity contribution in [2.24, 2.45) is 11.8 Å². The second-order valence-electron chi connectivity index (χ2n) is 6.29. The van der Waals surface area contributed by atoms with Crippen LogP contribution in [0.5, 0.6) is 0 Å². The molecule has 4 nitrogen and oxygen atoms in total. The molecule has 0 aromatic carbocycles. The molecule has 1 aliphatic heterocycles. The Balaban J connectivity index is 1.73. The molecule has 4 heteroatoms. The summed E-state index contributed by atoms with van der Waals surface area (Å²) in [6.45, 7) is 7.87. The number of aliphatic carboxylic acids is 1. The summed E-state index contributed by atoms with van der Waals surface area (Å²) >= 11 is 0. The van der Waals surface area contributed by atoms with Crippen LogP contribution >= 0.6 is 0 Å². The van der Waals surface area contributed by atoms with Crippen molar-refractivity contribution in [3.8, 4) is 0 Å². The zero-order valence-electron chi connectivity index (χ0n) is 11.6. The van der Waals surface area contributed by atoms with Crippen LogP contribution in [-0.4, -0.2) is 47.7 Å². The van der Waals surface area contributed by atoms with Crippen LogP contribution in [-0.2, 0) is 4.79 Å². The fourth-order valence-corrected chi connectivity index (χ4v) is 2.89. The molecule has 0 aromatic heterocycles. The third kappa shape index (κ3) is 3.95. The molecule has 2 aliphatic rings. The average Bonchev–Trinajstić information content (AvgIpc) is 3.10. The van der Waals surface area contributed by atoms with Crippen molar-refractivity contribution in [2.75, 3.05) is 19.6 Å². The van der Waals surface area contributed by atoms with Gasteiger partial charge >= 0.3 is 5.97 Å². The molecule has 104 valence electrons. The van der Waals surface area contributed by atoms with Gasteiger partial charge in [0.1, 0.15) is 6.04 Å². The third-order valence-electron chi connectivity index (χ3n) is 3.99. The fraction of sp³-hybridized carbons (Fsp3) is 0.929. The van der Waals surface area contributed by atoms with Gasteiger partial charge in [-0.05, 0) is 50.6 Å². The fourth-order valence-electron chi connectivity index (χ4n) is 2.89. The first-order valence-corrected chi connectivity index (χ1v) is 7.27. The molecule has 18 heavy (non-hydrogen) atoms. The molecular weight excluding hydrogens is 228 g/mol. The molecule has 0 amide bonds. The van der Waals surface area contributed by atoms with E-state index in [4.69, 9.17) is 0 Å². The van der Waals surface area contributed by atoms with Gasteiger partial charge in [-0.1, -0.05) is 13.8 Å². The number of rotatable bonds is 6. The highest BCUT2D eigenvalue weighted by atomic mass is 16.4. The maximum Gasteiger partial charge on any atom is 0.320 e. The quantitative estimate of drug-likeness (QED) is 0.755. The van der Waals surface area contributed by atoms with Crippen LogP contribution in [0.1, 0.15) is 39.5 Å². The molecule has 1 unspecified atom stereocenters. The molecule has 0 bridgehead atoms. The Hall–Kier alpha value is -0.610. The lowest BCUT2D eigenvalue weighted by Gasteiger charge is -2.34. The molecule has 1 atom stereocenters. The van der Waals surface area contributed by atoms with Crippen LogP contribution in [0.25, 0.3) is 0 Å². The minimum Gasteiger partial charge on any atom is -0.480 e. The van der Waals surface area contributed by atoms with E-state index in [1.54, 1.807) is 0 Å². The second kappa shape index (κ2) is 6.02. The van der Waals surface area contributed by atoms with Gasteiger partial charge in [0.25, 0.3) is 0 Å². The van der Waals surface area contributed by atoms with Crippen LogP contribution in [0.3, 0.4) is 0 Å². The SMILES string of the molecule is CC(C)CN1CCC(NC(C(=O)O)C2CC2)CC1. The molecule has 1 saturated heterocycles. The molecule has 2 rings (SSSR count). The first-order valence-electron chi connectivity index (χ1n) is 7.27. The molecule has 1 heterocycles. The number of likely N-dealkylation sites (tertiary alicyclic amines) is 1. The predicted octanol–water partition coefficient (Wildman–Crippen LogP) is 1.56. The predicted molar refractivity (Wildman–Crippen MR) is 71.6 cm³/mol. The van der Waals surface area contributed by atoms with E-state index >= 15 is 0 Å². The lowest BCUT2D eigenvalue weighted by Crippen LogP contribution is -2.50. The highest BCUT2D eigenvalue weighted by Crippen LogP contribution is 2.33. The number of nitrogens with zero attached hydrogens (tertiary/aromatic N) is 1. The third-order valence-corrected chi connectivity index (χ3v) is 3.99. The smallest absolute Gasteiger partial charge is 0.320 e. The van der Waals surface area contributed by atoms with Gasteiger partial charge < -0.3 is 15.3 Å². The lowest BCUT2D eigenvalue weighted by atomic mass is 10.0. The van der Waals surface area contributed by atoms with Gasteiger partial charge in [-0.3, -0.25) is 4.79 Å². The Labute approximate surface area is 110 Å². The molecule has 0 spiro atoms. The molecule has 0 aromatic rings. The van der Waals surface area contributed by atoms with E-state index in [1.165, 1.54) is 0 Å². The minimum absolute atomic E-state index is 0.299. The molecule has 2 N–H and O–H groups in total. The van der Waals surface area contributed by atoms with E-state index in [-0.39, 0.29) is 6.04 Å². The first-order chi connectivity index (χ1) is 8.56. The van der Waals surface area contributed by atoms with E-state index in [1.807, 2.05) is 0 Å². The monoisotopic (exact) mass is 254 g/mol. The van der Waals surface area contributed by atoms with Crippen molar-refractivity contribution in [3.63, 3.8) is 0 Å². The van der Waals surface area contributed by atoms with Crippen molar-refractivity contribution in [2.45, 2.75) is 51.6 Å². The van der Waals surface area contributed by atoms with Crippen molar-refractivity contribution in [1.82, 2.24) is 10.2 Å². The van der Waals surface area contributed by atoms with Gasteiger partial charge in [-0.25, -0.2) is 0 Å². The Morgan fingerprint density at radius 1 is 1.28 bits per heavy atom. The second-order valence-corrected chi connectivity index (χ2v) is 6.29. The van der Waals surface area contributed by atoms with Crippen LogP contribution in [0, 0.1) is 11.8 Å². The largest absolute Gasteiger partial charge is 0.480 e. The summed E-state index contributed by atoms with van der Waals surface area (Å²) < 4.78 is 0. The summed E-state index contributed by atoms with van der Waals surface area (Å²) in [5.41, 5.74) is 0. The van der Waals surface area contributed by atoms with Gasteiger partial charge in [0.2, 0.25) is 0 Å². The summed E-state index contributed by atoms with van der Waals surface area (Å²) in [6.07, 6.45) is 4.33. The van der Waals surface area contributed by atoms with Gasteiger partial charge in [-0.15, -0.1) is 0 Å². The van der Waals surface area contributed by atoms with Crippen molar-refractivity contribution in [1.29, 1.82) is 0 Å². The van der Waals surface area contributed by atoms with Gasteiger partial charge in [0, 0.05) is 12.6 Å². The van der Waals surface area contributed by atoms with E-state index in [0.29, 0.717) is 17.9 Å². The van der Waals surface area contributed by atoms with E-state index < -0.39 is 5.97 Å². The first kappa shape index (κ1) is 13.8. The summed E-state index contributed by atoms with van der Waals surface area (Å²) in [7, 11) is 0. The Morgan fingerprint density at radius 3 is 2.33 bits per heavy atom. The molecule has 1 saturated carbocycles. The highest BCUT2D eigenvalue weighted by molar-refractivity contribution is 5.74. The molecular formula is C14H26N2O2. The van der Waals surface area contributed by atoms with Crippen molar-refractivity contribution >= 4 is 5.97 Å². The number of carboxylic acids is 1. The zero-order valence-corrected chi connectivity index (χ0v) is 11.6. The Bertz CT molecular complexity index is 282. The minimum atomic E-state index is -0.665. The van der Waals surface area contributed by atoms with Crippen LogP contribution in [0.4, 0.5) is 0 Å². The lowest BCUT2D eigenvalue weighted by molar-refractivity contribution is -0.140. The van der Waals surface area contributed by atoms with E-state index in [2.05, 4.69) is 24.1 Å². The maximum atomic E-state index is 11.2. The van der Waals surface area contributed by atoms with E-state index in [9.17, 15) is 9.90 Å². The van der Waals surface area contributed by atoms with Gasteiger partial charge in [0.15, 0.2) is 0 Å². The molecule has 1 aliphatic carbocycles. The van der Waals surface area contributed by atoms with Crippen molar-refractivity contribution < 1.29 is 9.90 Å². The zero-order chi connectivity index (χ0) is 13.1. The summed E-state index contributed by atoms with van der Waals surface area (Å²) in [5.74, 6) is 0.436. The van der Waals surface area contributed by atoms with E-state index in [0.717, 1.165) is 45.3 Å². The van der Waals surface area contributed by atoms with Crippen LogP contribution in [0.15, 0.2) is 0 Å². The summed E-state index contributed by atoms with van der Waals surface area (Å²) in [6, 6.07) is 0.0989. The Morgan fingerprint density at radius 2 is 1.89 bits per heavy atom. The topological polar surface area (TPSA) is 52.6 Å². The van der Waals surface area contributed by atoms with Crippen molar-refractivity contribution in [3.05, 3.63) is 0 Å². The highest BCUT2D eigenvalue weighted by Gasteiger charge is 2.37. The number of hydrogen-bond acceptors (Lipinski definition) is 3. The standard InChI is InChI=1S/C14H26N2O2/c1-10(2)9-16-7-5-12(6-8-16)15-13(14(17)18)11-3-4-11/h10-13,15H,3-9H2,1-2H3,(H,17,18). The number of piperidine rings is 1. The number of carbonyl (C=O) groups is 1. The summed E-state index contributed by atoms with van der Waals surface area (Å²) in [5, 5.41) is 12.6. The normalized spacial score (nSPS) is 24.4. The number of nitrogens with one attached hydrogen (secondary N) is 1. The number of carboxylic acid groups (broad SMARTS) is 1. The van der Waals surface area contributed by atoms with Gasteiger partial charge in [0.05, 0.1) is 0 Å². The molecule has 2 fully saturated rings. The summed E-state index contributed by atoms with van der Waals surface area (Å²) in [4.78, 5) is 13.7. The van der Waals surface area contributed by atoms with Crippen LogP contribution in [0.2, 0.25) is 0 Å². The number of hydrogen-bond donors (Lipinski definition) is 2.